The van der Waals surface area contributed by atoms with E-state index in [1.54, 1.807) is 24.3 Å². The average Bonchev–Trinajstić information content (AvgIpc) is 3.23. The molecular weight excluding hydrogens is 394 g/mol. The number of nitrogens with two attached hydrogens (primary N) is 1. The van der Waals surface area contributed by atoms with Crippen LogP contribution in [0.3, 0.4) is 0 Å². The minimum atomic E-state index is -0.488. The van der Waals surface area contributed by atoms with Crippen LogP contribution in [0, 0.1) is 12.8 Å². The Labute approximate surface area is 180 Å². The predicted octanol–water partition coefficient (Wildman–Crippen LogP) is 2.99. The summed E-state index contributed by atoms with van der Waals surface area (Å²) < 4.78 is 5.44. The van der Waals surface area contributed by atoms with E-state index >= 15 is 0 Å². The molecule has 0 radical (unpaired) electrons. The van der Waals surface area contributed by atoms with Gasteiger partial charge in [0.25, 0.3) is 0 Å². The van der Waals surface area contributed by atoms with Crippen LogP contribution in [-0.2, 0) is 11.3 Å². The van der Waals surface area contributed by atoms with E-state index in [2.05, 4.69) is 20.4 Å². The van der Waals surface area contributed by atoms with Gasteiger partial charge in [0.15, 0.2) is 0 Å². The molecule has 2 aromatic carbocycles. The first-order valence-electron chi connectivity index (χ1n) is 10.3. The summed E-state index contributed by atoms with van der Waals surface area (Å²) >= 11 is 0. The Morgan fingerprint density at radius 3 is 2.52 bits per heavy atom. The van der Waals surface area contributed by atoms with Gasteiger partial charge in [0.1, 0.15) is 0 Å². The van der Waals surface area contributed by atoms with Gasteiger partial charge in [-0.2, -0.15) is 4.98 Å². The lowest BCUT2D eigenvalue weighted by atomic mass is 9.96. The summed E-state index contributed by atoms with van der Waals surface area (Å²) in [6, 6.07) is 14.5. The summed E-state index contributed by atoms with van der Waals surface area (Å²) in [7, 11) is 0. The number of aromatic nitrogens is 2. The minimum absolute atomic E-state index is 0.00824. The van der Waals surface area contributed by atoms with Crippen LogP contribution in [0.5, 0.6) is 0 Å². The molecule has 0 saturated carbocycles. The molecule has 0 spiro atoms. The van der Waals surface area contributed by atoms with Gasteiger partial charge in [0, 0.05) is 22.7 Å². The lowest BCUT2D eigenvalue weighted by molar-refractivity contribution is -0.121. The summed E-state index contributed by atoms with van der Waals surface area (Å²) in [6.07, 6.45) is 1.51. The molecule has 0 aliphatic carbocycles. The van der Waals surface area contributed by atoms with E-state index in [9.17, 15) is 9.59 Å². The first-order chi connectivity index (χ1) is 15.0. The number of aryl methyl sites for hydroxylation is 1. The quantitative estimate of drug-likeness (QED) is 0.635. The Bertz CT molecular complexity index is 1070. The molecule has 8 nitrogen and oxygen atoms in total. The largest absolute Gasteiger partial charge is 0.366 e. The Morgan fingerprint density at radius 1 is 1.13 bits per heavy atom. The van der Waals surface area contributed by atoms with E-state index in [4.69, 9.17) is 10.3 Å². The molecule has 8 heteroatoms. The van der Waals surface area contributed by atoms with Crippen molar-refractivity contribution in [3.63, 3.8) is 0 Å². The normalized spacial score (nSPS) is 15.0. The van der Waals surface area contributed by atoms with Gasteiger partial charge in [0.05, 0.1) is 6.54 Å². The SMILES string of the molecule is Cc1ccccc1-c1noc(CN2CCC(C(=O)Nc3ccc(C(N)=O)cc3)CC2)n1. The predicted molar refractivity (Wildman–Crippen MR) is 116 cm³/mol. The number of benzene rings is 2. The molecule has 160 valence electrons. The number of hydrogen-bond acceptors (Lipinski definition) is 6. The van der Waals surface area contributed by atoms with Crippen molar-refractivity contribution in [3.05, 3.63) is 65.5 Å². The maximum Gasteiger partial charge on any atom is 0.248 e. The first kappa shape index (κ1) is 20.7. The number of primary amides is 1. The van der Waals surface area contributed by atoms with E-state index in [1.165, 1.54) is 0 Å². The highest BCUT2D eigenvalue weighted by Gasteiger charge is 2.26. The summed E-state index contributed by atoms with van der Waals surface area (Å²) in [5.41, 5.74) is 8.39. The lowest BCUT2D eigenvalue weighted by Gasteiger charge is -2.30. The van der Waals surface area contributed by atoms with Gasteiger partial charge in [-0.15, -0.1) is 0 Å². The van der Waals surface area contributed by atoms with Crippen LogP contribution in [0.2, 0.25) is 0 Å². The third-order valence-electron chi connectivity index (χ3n) is 5.61. The number of nitrogens with zero attached hydrogens (tertiary/aromatic N) is 3. The van der Waals surface area contributed by atoms with Gasteiger partial charge in [-0.25, -0.2) is 0 Å². The zero-order valence-corrected chi connectivity index (χ0v) is 17.4. The Hall–Kier alpha value is -3.52. The molecule has 1 aromatic heterocycles. The fourth-order valence-corrected chi connectivity index (χ4v) is 3.76. The molecule has 1 fully saturated rings. The third kappa shape index (κ3) is 4.97. The zero-order chi connectivity index (χ0) is 21.8. The minimum Gasteiger partial charge on any atom is -0.366 e. The third-order valence-corrected chi connectivity index (χ3v) is 5.61. The van der Waals surface area contributed by atoms with E-state index in [0.29, 0.717) is 29.5 Å². The molecule has 1 aliphatic rings. The van der Waals surface area contributed by atoms with Crippen LogP contribution in [0.15, 0.2) is 53.1 Å². The fraction of sp³-hybridized carbons (Fsp3) is 0.304. The van der Waals surface area contributed by atoms with Crippen molar-refractivity contribution in [2.24, 2.45) is 11.7 Å². The average molecular weight is 419 g/mol. The van der Waals surface area contributed by atoms with Crippen LogP contribution in [0.4, 0.5) is 5.69 Å². The highest BCUT2D eigenvalue weighted by Crippen LogP contribution is 2.23. The molecule has 1 aliphatic heterocycles. The van der Waals surface area contributed by atoms with Crippen molar-refractivity contribution in [2.75, 3.05) is 18.4 Å². The van der Waals surface area contributed by atoms with Crippen LogP contribution < -0.4 is 11.1 Å². The number of carbonyl (C=O) groups excluding carboxylic acids is 2. The van der Waals surface area contributed by atoms with Crippen LogP contribution in [0.1, 0.15) is 34.7 Å². The van der Waals surface area contributed by atoms with Crippen LogP contribution in [-0.4, -0.2) is 39.9 Å². The summed E-state index contributed by atoms with van der Waals surface area (Å²) in [5, 5.41) is 7.03. The second kappa shape index (κ2) is 9.09. The maximum absolute atomic E-state index is 12.6. The standard InChI is InChI=1S/C23H25N5O3/c1-15-4-2-3-5-19(15)22-26-20(31-27-22)14-28-12-10-17(11-13-28)23(30)25-18-8-6-16(7-9-18)21(24)29/h2-9,17H,10-14H2,1H3,(H2,24,29)(H,25,30). The smallest absolute Gasteiger partial charge is 0.248 e. The van der Waals surface area contributed by atoms with E-state index in [0.717, 1.165) is 37.1 Å². The second-order valence-corrected chi connectivity index (χ2v) is 7.81. The Balaban J connectivity index is 1.28. The summed E-state index contributed by atoms with van der Waals surface area (Å²) in [4.78, 5) is 30.5. The number of anilines is 1. The van der Waals surface area contributed by atoms with E-state index in [-0.39, 0.29) is 11.8 Å². The molecule has 2 amide bonds. The van der Waals surface area contributed by atoms with Crippen molar-refractivity contribution >= 4 is 17.5 Å². The van der Waals surface area contributed by atoms with Gasteiger partial charge in [0.2, 0.25) is 23.5 Å². The van der Waals surface area contributed by atoms with Gasteiger partial charge >= 0.3 is 0 Å². The van der Waals surface area contributed by atoms with Crippen molar-refractivity contribution in [2.45, 2.75) is 26.3 Å². The highest BCUT2D eigenvalue weighted by atomic mass is 16.5. The topological polar surface area (TPSA) is 114 Å². The van der Waals surface area contributed by atoms with Crippen molar-refractivity contribution in [1.82, 2.24) is 15.0 Å². The van der Waals surface area contributed by atoms with Crippen LogP contribution in [0.25, 0.3) is 11.4 Å². The molecule has 0 bridgehead atoms. The van der Waals surface area contributed by atoms with Crippen molar-refractivity contribution in [1.29, 1.82) is 0 Å². The Kier molecular flexibility index (Phi) is 6.08. The van der Waals surface area contributed by atoms with Gasteiger partial charge in [-0.05, 0) is 62.7 Å². The molecule has 1 saturated heterocycles. The molecule has 0 atom stereocenters. The number of hydrogen-bond donors (Lipinski definition) is 2. The summed E-state index contributed by atoms with van der Waals surface area (Å²) in [6.45, 7) is 4.15. The van der Waals surface area contributed by atoms with Gasteiger partial charge in [-0.3, -0.25) is 14.5 Å². The lowest BCUT2D eigenvalue weighted by Crippen LogP contribution is -2.37. The van der Waals surface area contributed by atoms with Crippen molar-refractivity contribution in [3.8, 4) is 11.4 Å². The van der Waals surface area contributed by atoms with Crippen molar-refractivity contribution < 1.29 is 14.1 Å². The molecule has 3 aromatic rings. The summed E-state index contributed by atoms with van der Waals surface area (Å²) in [5.74, 6) is 0.626. The monoisotopic (exact) mass is 419 g/mol. The number of piperidine rings is 1. The zero-order valence-electron chi connectivity index (χ0n) is 17.4. The van der Waals surface area contributed by atoms with Crippen LogP contribution >= 0.6 is 0 Å². The maximum atomic E-state index is 12.6. The highest BCUT2D eigenvalue weighted by molar-refractivity contribution is 5.95. The number of amides is 2. The molecule has 3 N–H and O–H groups in total. The Morgan fingerprint density at radius 2 is 1.84 bits per heavy atom. The second-order valence-electron chi connectivity index (χ2n) is 7.81. The number of rotatable bonds is 6. The van der Waals surface area contributed by atoms with Gasteiger partial charge < -0.3 is 15.6 Å². The molecule has 4 rings (SSSR count). The van der Waals surface area contributed by atoms with Gasteiger partial charge in [-0.1, -0.05) is 29.4 Å². The molecular formula is C23H25N5O3. The first-order valence-corrected chi connectivity index (χ1v) is 10.3. The fourth-order valence-electron chi connectivity index (χ4n) is 3.76. The molecule has 31 heavy (non-hydrogen) atoms. The molecule has 0 unspecified atom stereocenters. The number of likely N-dealkylation sites (tertiary alicyclic amines) is 1. The number of nitrogens with one attached hydrogen (secondary N) is 1. The van der Waals surface area contributed by atoms with E-state index < -0.39 is 5.91 Å². The molecule has 2 heterocycles. The van der Waals surface area contributed by atoms with E-state index in [1.807, 2.05) is 31.2 Å². The number of carbonyl (C=O) groups is 2.